The van der Waals surface area contributed by atoms with Crippen molar-refractivity contribution in [1.29, 1.82) is 0 Å². The Morgan fingerprint density at radius 2 is 1.94 bits per heavy atom. The molecule has 2 aromatic rings. The standard InChI is InChI=1S/C15H21N3/c1-12-4-6-15(7-5-12)13(2)16-8-10-18-11-9-17-14(18)3/h4-7,9,11,13,16H,8,10H2,1-3H3/t13-/m1/s1. The van der Waals surface area contributed by atoms with E-state index in [0.29, 0.717) is 6.04 Å². The molecule has 0 fully saturated rings. The lowest BCUT2D eigenvalue weighted by Gasteiger charge is -2.15. The summed E-state index contributed by atoms with van der Waals surface area (Å²) >= 11 is 0. The summed E-state index contributed by atoms with van der Waals surface area (Å²) in [5, 5.41) is 3.54. The van der Waals surface area contributed by atoms with Gasteiger partial charge in [0.15, 0.2) is 0 Å². The molecular formula is C15H21N3. The topological polar surface area (TPSA) is 29.9 Å². The van der Waals surface area contributed by atoms with E-state index >= 15 is 0 Å². The summed E-state index contributed by atoms with van der Waals surface area (Å²) in [6.07, 6.45) is 3.87. The summed E-state index contributed by atoms with van der Waals surface area (Å²) in [4.78, 5) is 4.22. The molecule has 1 aromatic heterocycles. The Bertz CT molecular complexity index is 485. The SMILES string of the molecule is Cc1ccc([C@@H](C)NCCn2ccnc2C)cc1. The highest BCUT2D eigenvalue weighted by molar-refractivity contribution is 5.23. The Morgan fingerprint density at radius 3 is 2.56 bits per heavy atom. The number of hydrogen-bond donors (Lipinski definition) is 1. The Labute approximate surface area is 109 Å². The minimum absolute atomic E-state index is 0.384. The highest BCUT2D eigenvalue weighted by atomic mass is 15.1. The van der Waals surface area contributed by atoms with Gasteiger partial charge in [0.1, 0.15) is 5.82 Å². The lowest BCUT2D eigenvalue weighted by molar-refractivity contribution is 0.526. The summed E-state index contributed by atoms with van der Waals surface area (Å²) in [5.74, 6) is 1.07. The molecule has 96 valence electrons. The van der Waals surface area contributed by atoms with Crippen molar-refractivity contribution in [3.63, 3.8) is 0 Å². The summed E-state index contributed by atoms with van der Waals surface area (Å²) in [6.45, 7) is 8.26. The third kappa shape index (κ3) is 3.20. The largest absolute Gasteiger partial charge is 0.334 e. The molecule has 1 N–H and O–H groups in total. The van der Waals surface area contributed by atoms with Gasteiger partial charge in [0, 0.05) is 31.5 Å². The maximum absolute atomic E-state index is 4.22. The second kappa shape index (κ2) is 5.83. The van der Waals surface area contributed by atoms with Crippen LogP contribution in [0.3, 0.4) is 0 Å². The van der Waals surface area contributed by atoms with E-state index in [-0.39, 0.29) is 0 Å². The molecule has 0 aliphatic heterocycles. The van der Waals surface area contributed by atoms with Crippen molar-refractivity contribution < 1.29 is 0 Å². The minimum Gasteiger partial charge on any atom is -0.334 e. The van der Waals surface area contributed by atoms with Crippen LogP contribution in [-0.2, 0) is 6.54 Å². The Hall–Kier alpha value is -1.61. The lowest BCUT2D eigenvalue weighted by atomic mass is 10.1. The fourth-order valence-corrected chi connectivity index (χ4v) is 2.01. The molecule has 18 heavy (non-hydrogen) atoms. The molecule has 1 aromatic carbocycles. The third-order valence-corrected chi connectivity index (χ3v) is 3.30. The van der Waals surface area contributed by atoms with Crippen molar-refractivity contribution >= 4 is 0 Å². The van der Waals surface area contributed by atoms with Crippen molar-refractivity contribution in [3.8, 4) is 0 Å². The average Bonchev–Trinajstić information content (AvgIpc) is 2.76. The average molecular weight is 243 g/mol. The first kappa shape index (κ1) is 12.8. The van der Waals surface area contributed by atoms with Crippen LogP contribution < -0.4 is 5.32 Å². The van der Waals surface area contributed by atoms with Crippen LogP contribution in [0.15, 0.2) is 36.7 Å². The molecule has 0 spiro atoms. The first-order valence-corrected chi connectivity index (χ1v) is 6.44. The molecule has 3 nitrogen and oxygen atoms in total. The van der Waals surface area contributed by atoms with Gasteiger partial charge in [-0.2, -0.15) is 0 Å². The normalized spacial score (nSPS) is 12.6. The Kier molecular flexibility index (Phi) is 4.15. The van der Waals surface area contributed by atoms with Crippen molar-refractivity contribution in [2.75, 3.05) is 6.54 Å². The molecule has 1 atom stereocenters. The van der Waals surface area contributed by atoms with Crippen LogP contribution in [0, 0.1) is 13.8 Å². The molecule has 2 rings (SSSR count). The Morgan fingerprint density at radius 1 is 1.22 bits per heavy atom. The van der Waals surface area contributed by atoms with Gasteiger partial charge in [-0.3, -0.25) is 0 Å². The zero-order valence-corrected chi connectivity index (χ0v) is 11.4. The second-order valence-electron chi connectivity index (χ2n) is 4.75. The second-order valence-corrected chi connectivity index (χ2v) is 4.75. The lowest BCUT2D eigenvalue weighted by Crippen LogP contribution is -2.23. The van der Waals surface area contributed by atoms with Gasteiger partial charge >= 0.3 is 0 Å². The molecule has 0 bridgehead atoms. The predicted octanol–water partition coefficient (Wildman–Crippen LogP) is 2.85. The van der Waals surface area contributed by atoms with Gasteiger partial charge in [0.2, 0.25) is 0 Å². The maximum Gasteiger partial charge on any atom is 0.105 e. The van der Waals surface area contributed by atoms with Gasteiger partial charge in [0.05, 0.1) is 0 Å². The number of aromatic nitrogens is 2. The van der Waals surface area contributed by atoms with Gasteiger partial charge in [-0.15, -0.1) is 0 Å². The van der Waals surface area contributed by atoms with Gasteiger partial charge in [-0.1, -0.05) is 29.8 Å². The molecule has 3 heteroatoms. The first-order chi connectivity index (χ1) is 8.66. The van der Waals surface area contributed by atoms with Crippen LogP contribution in [0.2, 0.25) is 0 Å². The summed E-state index contributed by atoms with van der Waals surface area (Å²) in [7, 11) is 0. The quantitative estimate of drug-likeness (QED) is 0.875. The van der Waals surface area contributed by atoms with Crippen LogP contribution >= 0.6 is 0 Å². The maximum atomic E-state index is 4.22. The minimum atomic E-state index is 0.384. The number of nitrogens with one attached hydrogen (secondary N) is 1. The molecule has 1 heterocycles. The number of nitrogens with zero attached hydrogens (tertiary/aromatic N) is 2. The smallest absolute Gasteiger partial charge is 0.105 e. The zero-order chi connectivity index (χ0) is 13.0. The molecule has 0 radical (unpaired) electrons. The van der Waals surface area contributed by atoms with E-state index < -0.39 is 0 Å². The molecule has 0 unspecified atom stereocenters. The number of aryl methyl sites for hydroxylation is 2. The molecule has 0 saturated carbocycles. The van der Waals surface area contributed by atoms with E-state index in [1.165, 1.54) is 11.1 Å². The highest BCUT2D eigenvalue weighted by Crippen LogP contribution is 2.12. The van der Waals surface area contributed by atoms with Crippen LogP contribution in [0.25, 0.3) is 0 Å². The van der Waals surface area contributed by atoms with E-state index in [4.69, 9.17) is 0 Å². The fourth-order valence-electron chi connectivity index (χ4n) is 2.01. The van der Waals surface area contributed by atoms with Crippen molar-refractivity contribution in [2.24, 2.45) is 0 Å². The van der Waals surface area contributed by atoms with Crippen LogP contribution in [0.4, 0.5) is 0 Å². The monoisotopic (exact) mass is 243 g/mol. The first-order valence-electron chi connectivity index (χ1n) is 6.44. The summed E-state index contributed by atoms with van der Waals surface area (Å²) in [5.41, 5.74) is 2.64. The molecule has 0 aliphatic rings. The number of hydrogen-bond acceptors (Lipinski definition) is 2. The van der Waals surface area contributed by atoms with Crippen LogP contribution in [-0.4, -0.2) is 16.1 Å². The summed E-state index contributed by atoms with van der Waals surface area (Å²) in [6, 6.07) is 9.08. The fraction of sp³-hybridized carbons (Fsp3) is 0.400. The van der Waals surface area contributed by atoms with Crippen molar-refractivity contribution in [1.82, 2.24) is 14.9 Å². The van der Waals surface area contributed by atoms with Crippen molar-refractivity contribution in [3.05, 3.63) is 53.6 Å². The molecular weight excluding hydrogens is 222 g/mol. The molecule has 0 aliphatic carbocycles. The van der Waals surface area contributed by atoms with Crippen molar-refractivity contribution in [2.45, 2.75) is 33.4 Å². The number of rotatable bonds is 5. The highest BCUT2D eigenvalue weighted by Gasteiger charge is 2.04. The molecule has 0 saturated heterocycles. The zero-order valence-electron chi connectivity index (χ0n) is 11.4. The van der Waals surface area contributed by atoms with Crippen LogP contribution in [0.1, 0.15) is 29.9 Å². The van der Waals surface area contributed by atoms with E-state index in [1.807, 2.05) is 19.3 Å². The Balaban J connectivity index is 1.83. The number of benzene rings is 1. The van der Waals surface area contributed by atoms with Gasteiger partial charge in [0.25, 0.3) is 0 Å². The number of imidazole rings is 1. The third-order valence-electron chi connectivity index (χ3n) is 3.30. The van der Waals surface area contributed by atoms with E-state index in [1.54, 1.807) is 0 Å². The van der Waals surface area contributed by atoms with E-state index in [0.717, 1.165) is 18.9 Å². The van der Waals surface area contributed by atoms with Gasteiger partial charge in [-0.05, 0) is 26.3 Å². The molecule has 0 amide bonds. The predicted molar refractivity (Wildman–Crippen MR) is 74.6 cm³/mol. The van der Waals surface area contributed by atoms with Gasteiger partial charge in [-0.25, -0.2) is 4.98 Å². The van der Waals surface area contributed by atoms with Gasteiger partial charge < -0.3 is 9.88 Å². The summed E-state index contributed by atoms with van der Waals surface area (Å²) < 4.78 is 2.16. The van der Waals surface area contributed by atoms with E-state index in [9.17, 15) is 0 Å². The van der Waals surface area contributed by atoms with E-state index in [2.05, 4.69) is 53.0 Å². The van der Waals surface area contributed by atoms with Crippen LogP contribution in [0.5, 0.6) is 0 Å².